The predicted molar refractivity (Wildman–Crippen MR) is 49.8 cm³/mol. The normalized spacial score (nSPS) is 26.2. The molecule has 1 heterocycles. The number of rotatable bonds is 0. The molecule has 0 bridgehead atoms. The Morgan fingerprint density at radius 2 is 2.00 bits per heavy atom. The summed E-state index contributed by atoms with van der Waals surface area (Å²) in [5.74, 6) is 0.458. The van der Waals surface area contributed by atoms with Crippen molar-refractivity contribution >= 4 is 5.91 Å². The lowest BCUT2D eigenvalue weighted by atomic mass is 9.78. The summed E-state index contributed by atoms with van der Waals surface area (Å²) in [6.45, 7) is 7.29. The van der Waals surface area contributed by atoms with Crippen LogP contribution in [0.3, 0.4) is 0 Å². The zero-order chi connectivity index (χ0) is 9.19. The van der Waals surface area contributed by atoms with Gasteiger partial charge in [0.2, 0.25) is 5.91 Å². The lowest BCUT2D eigenvalue weighted by molar-refractivity contribution is -0.127. The van der Waals surface area contributed by atoms with E-state index < -0.39 is 0 Å². The second-order valence-electron chi connectivity index (χ2n) is 4.71. The zero-order valence-corrected chi connectivity index (χ0v) is 8.31. The minimum Gasteiger partial charge on any atom is -0.356 e. The van der Waals surface area contributed by atoms with Crippen LogP contribution in [0.2, 0.25) is 0 Å². The van der Waals surface area contributed by atoms with E-state index >= 15 is 0 Å². The van der Waals surface area contributed by atoms with Gasteiger partial charge in [-0.1, -0.05) is 27.2 Å². The fourth-order valence-corrected chi connectivity index (χ4v) is 1.77. The molecular weight excluding hydrogens is 150 g/mol. The molecule has 0 spiro atoms. The Morgan fingerprint density at radius 3 is 2.58 bits per heavy atom. The molecule has 0 saturated carbocycles. The third kappa shape index (κ3) is 2.23. The molecule has 2 heteroatoms. The average molecular weight is 169 g/mol. The summed E-state index contributed by atoms with van der Waals surface area (Å²) >= 11 is 0. The molecule has 0 aliphatic carbocycles. The first-order chi connectivity index (χ1) is 5.52. The molecule has 1 aliphatic rings. The van der Waals surface area contributed by atoms with Crippen molar-refractivity contribution in [3.05, 3.63) is 0 Å². The summed E-state index contributed by atoms with van der Waals surface area (Å²) in [4.78, 5) is 11.5. The van der Waals surface area contributed by atoms with Gasteiger partial charge in [-0.2, -0.15) is 0 Å². The van der Waals surface area contributed by atoms with Crippen LogP contribution < -0.4 is 5.32 Å². The molecule has 70 valence electrons. The molecule has 1 fully saturated rings. The lowest BCUT2D eigenvalue weighted by Crippen LogP contribution is -2.36. The molecule has 1 atom stereocenters. The summed E-state index contributed by atoms with van der Waals surface area (Å²) in [6.07, 6.45) is 3.37. The Bertz CT molecular complexity index is 169. The van der Waals surface area contributed by atoms with Crippen LogP contribution in [0.5, 0.6) is 0 Å². The predicted octanol–water partition coefficient (Wildman–Crippen LogP) is 1.95. The van der Waals surface area contributed by atoms with Crippen LogP contribution in [0.1, 0.15) is 40.0 Å². The fourth-order valence-electron chi connectivity index (χ4n) is 1.77. The topological polar surface area (TPSA) is 29.1 Å². The van der Waals surface area contributed by atoms with E-state index in [2.05, 4.69) is 26.1 Å². The number of hydrogen-bond acceptors (Lipinski definition) is 1. The van der Waals surface area contributed by atoms with Gasteiger partial charge in [-0.25, -0.2) is 0 Å². The third-order valence-corrected chi connectivity index (χ3v) is 2.58. The van der Waals surface area contributed by atoms with E-state index in [1.165, 1.54) is 6.42 Å². The molecule has 1 rings (SSSR count). The van der Waals surface area contributed by atoms with Gasteiger partial charge in [0, 0.05) is 12.5 Å². The first-order valence-electron chi connectivity index (χ1n) is 4.79. The van der Waals surface area contributed by atoms with E-state index in [9.17, 15) is 4.79 Å². The quantitative estimate of drug-likeness (QED) is 0.590. The van der Waals surface area contributed by atoms with Crippen LogP contribution in [0.15, 0.2) is 0 Å². The Kier molecular flexibility index (Phi) is 2.76. The number of amides is 1. The summed E-state index contributed by atoms with van der Waals surface area (Å²) in [5, 5.41) is 2.96. The first kappa shape index (κ1) is 9.56. The van der Waals surface area contributed by atoms with Gasteiger partial charge in [0.05, 0.1) is 0 Å². The van der Waals surface area contributed by atoms with Crippen molar-refractivity contribution in [2.24, 2.45) is 11.3 Å². The molecule has 2 nitrogen and oxygen atoms in total. The Hall–Kier alpha value is -0.530. The minimum atomic E-state index is 0.119. The molecule has 0 aromatic rings. The van der Waals surface area contributed by atoms with Crippen molar-refractivity contribution < 1.29 is 4.79 Å². The summed E-state index contributed by atoms with van der Waals surface area (Å²) in [6, 6.07) is 0. The van der Waals surface area contributed by atoms with Gasteiger partial charge < -0.3 is 5.32 Å². The molecule has 1 unspecified atom stereocenters. The maximum Gasteiger partial charge on any atom is 0.223 e. The van der Waals surface area contributed by atoms with Crippen molar-refractivity contribution in [2.75, 3.05) is 6.54 Å². The molecule has 1 saturated heterocycles. The zero-order valence-electron chi connectivity index (χ0n) is 8.31. The highest BCUT2D eigenvalue weighted by molar-refractivity contribution is 5.79. The Balaban J connectivity index is 2.66. The molecule has 0 radical (unpaired) electrons. The van der Waals surface area contributed by atoms with Crippen LogP contribution in [-0.4, -0.2) is 12.5 Å². The van der Waals surface area contributed by atoms with Gasteiger partial charge >= 0.3 is 0 Å². The van der Waals surface area contributed by atoms with Crippen molar-refractivity contribution in [1.82, 2.24) is 5.32 Å². The van der Waals surface area contributed by atoms with Crippen molar-refractivity contribution in [2.45, 2.75) is 40.0 Å². The highest BCUT2D eigenvalue weighted by Crippen LogP contribution is 2.31. The van der Waals surface area contributed by atoms with Gasteiger partial charge in [0.25, 0.3) is 0 Å². The number of carbonyl (C=O) groups excluding carboxylic acids is 1. The van der Waals surface area contributed by atoms with Crippen LogP contribution in [0.4, 0.5) is 0 Å². The van der Waals surface area contributed by atoms with Crippen LogP contribution in [0.25, 0.3) is 0 Å². The molecular formula is C10H19NO. The van der Waals surface area contributed by atoms with E-state index in [4.69, 9.17) is 0 Å². The van der Waals surface area contributed by atoms with Crippen molar-refractivity contribution in [1.29, 1.82) is 0 Å². The molecule has 12 heavy (non-hydrogen) atoms. The minimum absolute atomic E-state index is 0.119. The van der Waals surface area contributed by atoms with E-state index in [-0.39, 0.29) is 17.2 Å². The number of hydrogen-bond donors (Lipinski definition) is 1. The number of carbonyl (C=O) groups is 1. The van der Waals surface area contributed by atoms with E-state index in [0.717, 1.165) is 19.4 Å². The average Bonchev–Trinajstić information content (AvgIpc) is 2.11. The lowest BCUT2D eigenvalue weighted by Gasteiger charge is -2.27. The maximum atomic E-state index is 11.5. The van der Waals surface area contributed by atoms with E-state index in [0.29, 0.717) is 0 Å². The Morgan fingerprint density at radius 1 is 1.33 bits per heavy atom. The molecule has 1 amide bonds. The van der Waals surface area contributed by atoms with Gasteiger partial charge in [-0.3, -0.25) is 4.79 Å². The van der Waals surface area contributed by atoms with Gasteiger partial charge in [0.1, 0.15) is 0 Å². The standard InChI is InChI=1S/C10H19NO/c1-10(2,3)8-6-4-5-7-11-9(8)12/h8H,4-7H2,1-3H3,(H,11,12). The van der Waals surface area contributed by atoms with Crippen LogP contribution >= 0.6 is 0 Å². The van der Waals surface area contributed by atoms with Crippen molar-refractivity contribution in [3.63, 3.8) is 0 Å². The third-order valence-electron chi connectivity index (χ3n) is 2.58. The van der Waals surface area contributed by atoms with E-state index in [1.54, 1.807) is 0 Å². The van der Waals surface area contributed by atoms with Gasteiger partial charge in [-0.15, -0.1) is 0 Å². The second kappa shape index (κ2) is 3.46. The highest BCUT2D eigenvalue weighted by Gasteiger charge is 2.31. The molecule has 0 aromatic heterocycles. The maximum absolute atomic E-state index is 11.5. The molecule has 1 N–H and O–H groups in total. The smallest absolute Gasteiger partial charge is 0.223 e. The van der Waals surface area contributed by atoms with Crippen LogP contribution in [0, 0.1) is 11.3 Å². The Labute approximate surface area is 74.7 Å². The van der Waals surface area contributed by atoms with E-state index in [1.807, 2.05) is 0 Å². The van der Waals surface area contributed by atoms with Crippen LogP contribution in [-0.2, 0) is 4.79 Å². The SMILES string of the molecule is CC(C)(C)C1CCCCNC1=O. The fraction of sp³-hybridized carbons (Fsp3) is 0.900. The van der Waals surface area contributed by atoms with Crippen molar-refractivity contribution in [3.8, 4) is 0 Å². The monoisotopic (exact) mass is 169 g/mol. The number of nitrogens with one attached hydrogen (secondary N) is 1. The molecule has 1 aliphatic heterocycles. The summed E-state index contributed by atoms with van der Waals surface area (Å²) < 4.78 is 0. The van der Waals surface area contributed by atoms with Gasteiger partial charge in [0.15, 0.2) is 0 Å². The molecule has 0 aromatic carbocycles. The largest absolute Gasteiger partial charge is 0.356 e. The summed E-state index contributed by atoms with van der Waals surface area (Å²) in [7, 11) is 0. The van der Waals surface area contributed by atoms with Gasteiger partial charge in [-0.05, 0) is 18.3 Å². The summed E-state index contributed by atoms with van der Waals surface area (Å²) in [5.41, 5.74) is 0.119. The first-order valence-corrected chi connectivity index (χ1v) is 4.79. The highest BCUT2D eigenvalue weighted by atomic mass is 16.1. The second-order valence-corrected chi connectivity index (χ2v) is 4.71.